The fourth-order valence-corrected chi connectivity index (χ4v) is 2.66. The van der Waals surface area contributed by atoms with Crippen LogP contribution in [0.2, 0.25) is 0 Å². The predicted octanol–water partition coefficient (Wildman–Crippen LogP) is 3.01. The van der Waals surface area contributed by atoms with Crippen molar-refractivity contribution in [2.75, 3.05) is 7.05 Å². The van der Waals surface area contributed by atoms with Crippen molar-refractivity contribution in [2.24, 2.45) is 0 Å². The van der Waals surface area contributed by atoms with Gasteiger partial charge in [-0.15, -0.1) is 0 Å². The van der Waals surface area contributed by atoms with Crippen LogP contribution in [0.15, 0.2) is 61.2 Å². The van der Waals surface area contributed by atoms with Crippen LogP contribution in [0, 0.1) is 10.1 Å². The molecule has 8 nitrogen and oxygen atoms in total. The zero-order valence-corrected chi connectivity index (χ0v) is 14.3. The highest BCUT2D eigenvalue weighted by Crippen LogP contribution is 2.26. The lowest BCUT2D eigenvalue weighted by Gasteiger charge is -2.25. The minimum absolute atomic E-state index is 0.169. The van der Waals surface area contributed by atoms with Gasteiger partial charge in [-0.25, -0.2) is 9.67 Å². The second-order valence-electron chi connectivity index (χ2n) is 5.80. The summed E-state index contributed by atoms with van der Waals surface area (Å²) in [5, 5.41) is 15.3. The maximum absolute atomic E-state index is 12.8. The summed E-state index contributed by atoms with van der Waals surface area (Å²) in [6.45, 7) is 1.91. The maximum Gasteiger partial charge on any atom is 0.295 e. The zero-order chi connectivity index (χ0) is 18.7. The van der Waals surface area contributed by atoms with E-state index in [0.717, 1.165) is 5.56 Å². The number of carbonyl (C=O) groups excluding carboxylic acids is 1. The fraction of sp³-hybridized carbons (Fsp3) is 0.167. The van der Waals surface area contributed by atoms with Crippen LogP contribution in [0.4, 0.5) is 5.69 Å². The van der Waals surface area contributed by atoms with E-state index in [1.807, 2.05) is 37.3 Å². The van der Waals surface area contributed by atoms with Gasteiger partial charge in [0.2, 0.25) is 0 Å². The quantitative estimate of drug-likeness (QED) is 0.520. The van der Waals surface area contributed by atoms with Crippen molar-refractivity contribution in [1.29, 1.82) is 0 Å². The molecule has 1 aromatic heterocycles. The molecule has 3 rings (SSSR count). The highest BCUT2D eigenvalue weighted by Gasteiger charge is 2.23. The molecule has 26 heavy (non-hydrogen) atoms. The number of amides is 1. The molecule has 0 radical (unpaired) electrons. The fourth-order valence-electron chi connectivity index (χ4n) is 2.66. The number of nitro groups is 1. The molecular formula is C18H17N5O3. The minimum Gasteiger partial charge on any atom is -0.335 e. The van der Waals surface area contributed by atoms with E-state index in [1.165, 1.54) is 29.5 Å². The molecule has 0 aliphatic carbocycles. The van der Waals surface area contributed by atoms with E-state index in [0.29, 0.717) is 0 Å². The Hall–Kier alpha value is -3.55. The van der Waals surface area contributed by atoms with Crippen LogP contribution >= 0.6 is 0 Å². The highest BCUT2D eigenvalue weighted by atomic mass is 16.6. The number of hydrogen-bond donors (Lipinski definition) is 0. The summed E-state index contributed by atoms with van der Waals surface area (Å²) in [5.74, 6) is -0.297. The van der Waals surface area contributed by atoms with E-state index in [4.69, 9.17) is 0 Å². The van der Waals surface area contributed by atoms with Crippen LogP contribution in [0.3, 0.4) is 0 Å². The van der Waals surface area contributed by atoms with Crippen molar-refractivity contribution in [1.82, 2.24) is 19.7 Å². The predicted molar refractivity (Wildman–Crippen MR) is 95.0 cm³/mol. The molecule has 2 aromatic carbocycles. The Balaban J connectivity index is 1.92. The minimum atomic E-state index is -0.533. The summed E-state index contributed by atoms with van der Waals surface area (Å²) in [5.41, 5.74) is 1.27. The summed E-state index contributed by atoms with van der Waals surface area (Å²) in [4.78, 5) is 29.1. The first-order chi connectivity index (χ1) is 12.5. The van der Waals surface area contributed by atoms with Gasteiger partial charge in [-0.05, 0) is 24.6 Å². The van der Waals surface area contributed by atoms with Gasteiger partial charge in [-0.2, -0.15) is 5.10 Å². The standard InChI is InChI=1S/C18H17N5O3/c1-13(14-6-4-3-5-7-14)21(2)18(24)15-8-9-16(17(10-15)23(25)26)22-12-19-11-20-22/h3-13H,1-2H3. The summed E-state index contributed by atoms with van der Waals surface area (Å²) >= 11 is 0. The molecule has 3 aromatic rings. The first-order valence-corrected chi connectivity index (χ1v) is 7.94. The molecular weight excluding hydrogens is 334 g/mol. The summed E-state index contributed by atoms with van der Waals surface area (Å²) in [6.07, 6.45) is 2.66. The topological polar surface area (TPSA) is 94.2 Å². The van der Waals surface area contributed by atoms with Gasteiger partial charge in [0.05, 0.1) is 11.0 Å². The van der Waals surface area contributed by atoms with Crippen LogP contribution in [-0.4, -0.2) is 37.5 Å². The van der Waals surface area contributed by atoms with Crippen LogP contribution in [0.5, 0.6) is 0 Å². The van der Waals surface area contributed by atoms with E-state index in [2.05, 4.69) is 10.1 Å². The Kier molecular flexibility index (Phi) is 4.74. The van der Waals surface area contributed by atoms with Gasteiger partial charge in [0.25, 0.3) is 11.6 Å². The molecule has 0 spiro atoms. The van der Waals surface area contributed by atoms with E-state index < -0.39 is 4.92 Å². The molecule has 0 aliphatic rings. The molecule has 1 unspecified atom stereocenters. The third kappa shape index (κ3) is 3.30. The molecule has 1 atom stereocenters. The van der Waals surface area contributed by atoms with E-state index in [1.54, 1.807) is 18.0 Å². The molecule has 0 aliphatic heterocycles. The highest BCUT2D eigenvalue weighted by molar-refractivity contribution is 5.95. The lowest BCUT2D eigenvalue weighted by Crippen LogP contribution is -2.29. The van der Waals surface area contributed by atoms with Crippen LogP contribution in [-0.2, 0) is 0 Å². The van der Waals surface area contributed by atoms with Crippen molar-refractivity contribution in [3.63, 3.8) is 0 Å². The van der Waals surface area contributed by atoms with E-state index in [-0.39, 0.29) is 28.9 Å². The van der Waals surface area contributed by atoms with Crippen molar-refractivity contribution in [2.45, 2.75) is 13.0 Å². The average Bonchev–Trinajstić information content (AvgIpc) is 3.21. The number of rotatable bonds is 5. The lowest BCUT2D eigenvalue weighted by atomic mass is 10.1. The summed E-state index contributed by atoms with van der Waals surface area (Å²) in [7, 11) is 1.68. The van der Waals surface area contributed by atoms with Gasteiger partial charge in [0.1, 0.15) is 18.3 Å². The van der Waals surface area contributed by atoms with Gasteiger partial charge >= 0.3 is 0 Å². The van der Waals surface area contributed by atoms with Crippen molar-refractivity contribution in [3.8, 4) is 5.69 Å². The second kappa shape index (κ2) is 7.14. The van der Waals surface area contributed by atoms with E-state index >= 15 is 0 Å². The van der Waals surface area contributed by atoms with Gasteiger partial charge < -0.3 is 4.90 Å². The van der Waals surface area contributed by atoms with Crippen molar-refractivity contribution in [3.05, 3.63) is 82.4 Å². The molecule has 8 heteroatoms. The first-order valence-electron chi connectivity index (χ1n) is 7.94. The molecule has 0 N–H and O–H groups in total. The largest absolute Gasteiger partial charge is 0.335 e. The Morgan fingerprint density at radius 2 is 1.96 bits per heavy atom. The number of benzene rings is 2. The summed E-state index contributed by atoms with van der Waals surface area (Å²) in [6, 6.07) is 13.7. The Bertz CT molecular complexity index is 925. The van der Waals surface area contributed by atoms with Gasteiger partial charge in [-0.3, -0.25) is 14.9 Å². The van der Waals surface area contributed by atoms with Gasteiger partial charge in [0, 0.05) is 18.7 Å². The number of nitro benzene ring substituents is 1. The molecule has 132 valence electrons. The molecule has 0 saturated carbocycles. The molecule has 0 bridgehead atoms. The zero-order valence-electron chi connectivity index (χ0n) is 14.3. The normalized spacial score (nSPS) is 11.8. The van der Waals surface area contributed by atoms with Gasteiger partial charge in [-0.1, -0.05) is 30.3 Å². The third-order valence-electron chi connectivity index (χ3n) is 4.27. The molecule has 1 amide bonds. The van der Waals surface area contributed by atoms with Gasteiger partial charge in [0.15, 0.2) is 0 Å². The first kappa shape index (κ1) is 17.3. The average molecular weight is 351 g/mol. The summed E-state index contributed by atoms with van der Waals surface area (Å²) < 4.78 is 1.29. The number of nitrogens with zero attached hydrogens (tertiary/aromatic N) is 5. The number of hydrogen-bond acceptors (Lipinski definition) is 5. The Labute approximate surface area is 149 Å². The lowest BCUT2D eigenvalue weighted by molar-refractivity contribution is -0.384. The van der Waals surface area contributed by atoms with Crippen LogP contribution in [0.25, 0.3) is 5.69 Å². The monoisotopic (exact) mass is 351 g/mol. The Morgan fingerprint density at radius 1 is 1.23 bits per heavy atom. The van der Waals surface area contributed by atoms with Crippen molar-refractivity contribution >= 4 is 11.6 Å². The molecule has 0 saturated heterocycles. The second-order valence-corrected chi connectivity index (χ2v) is 5.80. The molecule has 1 heterocycles. The van der Waals surface area contributed by atoms with Crippen LogP contribution < -0.4 is 0 Å². The van der Waals surface area contributed by atoms with Crippen LogP contribution in [0.1, 0.15) is 28.9 Å². The smallest absolute Gasteiger partial charge is 0.295 e. The van der Waals surface area contributed by atoms with E-state index in [9.17, 15) is 14.9 Å². The third-order valence-corrected chi connectivity index (χ3v) is 4.27. The number of aromatic nitrogens is 3. The SMILES string of the molecule is CC(c1ccccc1)N(C)C(=O)c1ccc(-n2cncn2)c([N+](=O)[O-])c1. The Morgan fingerprint density at radius 3 is 2.58 bits per heavy atom. The molecule has 0 fully saturated rings. The maximum atomic E-state index is 12.8. The number of carbonyl (C=O) groups is 1. The van der Waals surface area contributed by atoms with Crippen molar-refractivity contribution < 1.29 is 9.72 Å².